The third kappa shape index (κ3) is 2.36. The van der Waals surface area contributed by atoms with E-state index in [1.165, 1.54) is 11.5 Å². The van der Waals surface area contributed by atoms with Crippen LogP contribution < -0.4 is 10.6 Å². The quantitative estimate of drug-likeness (QED) is 0.833. The topological polar surface area (TPSA) is 68.5 Å². The number of anilines is 2. The van der Waals surface area contributed by atoms with Crippen LogP contribution in [0.1, 0.15) is 30.6 Å². The lowest BCUT2D eigenvalue weighted by atomic mass is 10.2. The molecular formula is C11H17N3O2S. The molecule has 1 unspecified atom stereocenters. The van der Waals surface area contributed by atoms with Crippen LogP contribution in [0.4, 0.5) is 10.8 Å². The third-order valence-corrected chi connectivity index (χ3v) is 3.81. The second-order valence-corrected chi connectivity index (χ2v) is 5.06. The summed E-state index contributed by atoms with van der Waals surface area (Å²) in [5, 5.41) is 0.852. The Balaban J connectivity index is 2.26. The largest absolute Gasteiger partial charge is 0.462 e. The number of carbonyl (C=O) groups excluding carboxylic acids is 1. The molecular weight excluding hydrogens is 238 g/mol. The predicted octanol–water partition coefficient (Wildman–Crippen LogP) is 1.75. The van der Waals surface area contributed by atoms with Gasteiger partial charge in [-0.25, -0.2) is 4.79 Å². The molecule has 0 aromatic carbocycles. The Morgan fingerprint density at radius 1 is 1.71 bits per heavy atom. The van der Waals surface area contributed by atoms with Crippen molar-refractivity contribution < 1.29 is 9.53 Å². The number of nitrogen functional groups attached to an aromatic ring is 1. The van der Waals surface area contributed by atoms with Crippen LogP contribution in [-0.4, -0.2) is 30.0 Å². The molecule has 0 aliphatic carbocycles. The fraction of sp³-hybridized carbons (Fsp3) is 0.636. The summed E-state index contributed by atoms with van der Waals surface area (Å²) in [6.07, 6.45) is 1.14. The molecule has 0 amide bonds. The first-order valence-corrected chi connectivity index (χ1v) is 6.58. The normalized spacial score (nSPS) is 19.6. The number of hydrogen-bond acceptors (Lipinski definition) is 6. The lowest BCUT2D eigenvalue weighted by Gasteiger charge is -2.16. The minimum Gasteiger partial charge on any atom is -0.462 e. The molecule has 94 valence electrons. The Labute approximate surface area is 105 Å². The summed E-state index contributed by atoms with van der Waals surface area (Å²) in [6, 6.07) is 0. The molecule has 1 aliphatic heterocycles. The summed E-state index contributed by atoms with van der Waals surface area (Å²) < 4.78 is 9.08. The first-order valence-electron chi connectivity index (χ1n) is 5.80. The highest BCUT2D eigenvalue weighted by Crippen LogP contribution is 2.34. The van der Waals surface area contributed by atoms with E-state index >= 15 is 0 Å². The summed E-state index contributed by atoms with van der Waals surface area (Å²) >= 11 is 1.28. The van der Waals surface area contributed by atoms with Gasteiger partial charge in [-0.3, -0.25) is 0 Å². The molecule has 0 saturated carbocycles. The summed E-state index contributed by atoms with van der Waals surface area (Å²) in [5.74, 6) is 0.560. The average Bonchev–Trinajstić information content (AvgIpc) is 2.85. The fourth-order valence-electron chi connectivity index (χ4n) is 2.02. The van der Waals surface area contributed by atoms with Gasteiger partial charge in [-0.15, -0.1) is 0 Å². The molecule has 0 bridgehead atoms. The molecule has 1 aromatic rings. The maximum Gasteiger partial charge on any atom is 0.345 e. The van der Waals surface area contributed by atoms with Gasteiger partial charge in [0.15, 0.2) is 5.82 Å². The predicted molar refractivity (Wildman–Crippen MR) is 68.5 cm³/mol. The molecule has 1 aliphatic rings. The van der Waals surface area contributed by atoms with Crippen molar-refractivity contribution in [1.29, 1.82) is 0 Å². The van der Waals surface area contributed by atoms with Crippen LogP contribution in [0.2, 0.25) is 0 Å². The summed E-state index contributed by atoms with van der Waals surface area (Å²) in [5.41, 5.74) is 6.18. The molecule has 5 nitrogen and oxygen atoms in total. The summed E-state index contributed by atoms with van der Waals surface area (Å²) in [7, 11) is 0. The smallest absolute Gasteiger partial charge is 0.345 e. The monoisotopic (exact) mass is 255 g/mol. The molecule has 2 N–H and O–H groups in total. The van der Waals surface area contributed by atoms with E-state index in [4.69, 9.17) is 10.5 Å². The number of ether oxygens (including phenoxy) is 1. The number of carbonyl (C=O) groups is 1. The van der Waals surface area contributed by atoms with Gasteiger partial charge in [0.1, 0.15) is 10.6 Å². The first kappa shape index (κ1) is 12.2. The standard InChI is InChI=1S/C11H17N3O2S/c1-3-16-11(15)8-9(12)13-17-10(8)14-5-4-7(2)6-14/h7H,3-6H2,1-2H3,(H2,12,13). The number of hydrogen-bond donors (Lipinski definition) is 1. The van der Waals surface area contributed by atoms with E-state index in [2.05, 4.69) is 16.2 Å². The van der Waals surface area contributed by atoms with Gasteiger partial charge in [-0.05, 0) is 30.8 Å². The Kier molecular flexibility index (Phi) is 3.51. The lowest BCUT2D eigenvalue weighted by molar-refractivity contribution is 0.0528. The van der Waals surface area contributed by atoms with Crippen molar-refractivity contribution in [1.82, 2.24) is 4.37 Å². The number of rotatable bonds is 3. The van der Waals surface area contributed by atoms with E-state index in [1.54, 1.807) is 6.92 Å². The highest BCUT2D eigenvalue weighted by Gasteiger charge is 2.28. The van der Waals surface area contributed by atoms with Gasteiger partial charge in [0.25, 0.3) is 0 Å². The van der Waals surface area contributed by atoms with E-state index in [0.717, 1.165) is 24.5 Å². The van der Waals surface area contributed by atoms with Gasteiger partial charge in [0.05, 0.1) is 6.61 Å². The molecule has 2 heterocycles. The van der Waals surface area contributed by atoms with Crippen molar-refractivity contribution in [2.45, 2.75) is 20.3 Å². The molecule has 17 heavy (non-hydrogen) atoms. The second-order valence-electron chi connectivity index (χ2n) is 4.31. The highest BCUT2D eigenvalue weighted by atomic mass is 32.1. The first-order chi connectivity index (χ1) is 8.13. The number of esters is 1. The van der Waals surface area contributed by atoms with E-state index in [-0.39, 0.29) is 11.8 Å². The van der Waals surface area contributed by atoms with Crippen LogP contribution in [0.25, 0.3) is 0 Å². The van der Waals surface area contributed by atoms with Crippen molar-refractivity contribution in [3.8, 4) is 0 Å². The number of nitrogens with zero attached hydrogens (tertiary/aromatic N) is 2. The summed E-state index contributed by atoms with van der Waals surface area (Å²) in [6.45, 7) is 6.24. The van der Waals surface area contributed by atoms with Gasteiger partial charge in [-0.1, -0.05) is 6.92 Å². The molecule has 1 saturated heterocycles. The Morgan fingerprint density at radius 2 is 2.47 bits per heavy atom. The van der Waals surface area contributed by atoms with Crippen LogP contribution in [0.3, 0.4) is 0 Å². The summed E-state index contributed by atoms with van der Waals surface area (Å²) in [4.78, 5) is 14.0. The van der Waals surface area contributed by atoms with Crippen molar-refractivity contribution in [2.75, 3.05) is 30.3 Å². The van der Waals surface area contributed by atoms with Gasteiger partial charge < -0.3 is 15.4 Å². The minimum absolute atomic E-state index is 0.281. The molecule has 1 fully saturated rings. The third-order valence-electron chi connectivity index (χ3n) is 2.89. The Bertz CT molecular complexity index is 419. The van der Waals surface area contributed by atoms with Gasteiger partial charge >= 0.3 is 5.97 Å². The molecule has 2 rings (SSSR count). The maximum atomic E-state index is 11.8. The highest BCUT2D eigenvalue weighted by molar-refractivity contribution is 7.11. The zero-order valence-electron chi connectivity index (χ0n) is 10.1. The number of aromatic nitrogens is 1. The van der Waals surface area contributed by atoms with Crippen molar-refractivity contribution in [3.63, 3.8) is 0 Å². The lowest BCUT2D eigenvalue weighted by Crippen LogP contribution is -2.21. The van der Waals surface area contributed by atoms with Crippen molar-refractivity contribution in [2.24, 2.45) is 5.92 Å². The maximum absolute atomic E-state index is 11.8. The zero-order chi connectivity index (χ0) is 12.4. The number of nitrogens with two attached hydrogens (primary N) is 1. The van der Waals surface area contributed by atoms with Gasteiger partial charge in [0.2, 0.25) is 0 Å². The molecule has 1 atom stereocenters. The van der Waals surface area contributed by atoms with E-state index < -0.39 is 0 Å². The molecule has 0 radical (unpaired) electrons. The zero-order valence-corrected chi connectivity index (χ0v) is 10.9. The average molecular weight is 255 g/mol. The molecule has 1 aromatic heterocycles. The van der Waals surface area contributed by atoms with Crippen LogP contribution in [-0.2, 0) is 4.74 Å². The second kappa shape index (κ2) is 4.91. The van der Waals surface area contributed by atoms with Gasteiger partial charge in [0, 0.05) is 13.1 Å². The molecule has 6 heteroatoms. The van der Waals surface area contributed by atoms with E-state index in [9.17, 15) is 4.79 Å². The van der Waals surface area contributed by atoms with Gasteiger partial charge in [-0.2, -0.15) is 4.37 Å². The Hall–Kier alpha value is -1.30. The molecule has 0 spiro atoms. The minimum atomic E-state index is -0.367. The van der Waals surface area contributed by atoms with Crippen LogP contribution in [0.15, 0.2) is 0 Å². The van der Waals surface area contributed by atoms with Crippen molar-refractivity contribution in [3.05, 3.63) is 5.56 Å². The van der Waals surface area contributed by atoms with Crippen LogP contribution in [0, 0.1) is 5.92 Å². The SMILES string of the molecule is CCOC(=O)c1c(N)nsc1N1CCC(C)C1. The van der Waals surface area contributed by atoms with Crippen LogP contribution in [0.5, 0.6) is 0 Å². The van der Waals surface area contributed by atoms with E-state index in [0.29, 0.717) is 18.1 Å². The fourth-order valence-corrected chi connectivity index (χ4v) is 2.86. The van der Waals surface area contributed by atoms with Crippen LogP contribution >= 0.6 is 11.5 Å². The van der Waals surface area contributed by atoms with E-state index in [1.807, 2.05) is 0 Å². The Morgan fingerprint density at radius 3 is 3.06 bits per heavy atom. The van der Waals surface area contributed by atoms with Crippen molar-refractivity contribution >= 4 is 28.3 Å².